The number of hydrogen-bond acceptors (Lipinski definition) is 7. The fourth-order valence-corrected chi connectivity index (χ4v) is 3.42. The Labute approximate surface area is 145 Å². The molecule has 4 rings (SSSR count). The van der Waals surface area contributed by atoms with Gasteiger partial charge in [-0.15, -0.1) is 0 Å². The Balaban J connectivity index is 1.43. The summed E-state index contributed by atoms with van der Waals surface area (Å²) in [7, 11) is 0. The molecule has 0 aromatic carbocycles. The van der Waals surface area contributed by atoms with E-state index >= 15 is 0 Å². The van der Waals surface area contributed by atoms with Crippen molar-refractivity contribution >= 4 is 17.5 Å². The van der Waals surface area contributed by atoms with Crippen LogP contribution >= 0.6 is 0 Å². The van der Waals surface area contributed by atoms with Crippen molar-refractivity contribution in [1.29, 1.82) is 0 Å². The van der Waals surface area contributed by atoms with Crippen LogP contribution in [0.3, 0.4) is 0 Å². The summed E-state index contributed by atoms with van der Waals surface area (Å²) in [5, 5.41) is 6.88. The molecule has 1 saturated carbocycles. The smallest absolute Gasteiger partial charge is 0.260 e. The highest BCUT2D eigenvalue weighted by Gasteiger charge is 2.26. The Hall–Kier alpha value is -2.48. The molecule has 3 heterocycles. The Kier molecular flexibility index (Phi) is 4.60. The van der Waals surface area contributed by atoms with Gasteiger partial charge >= 0.3 is 0 Å². The number of carbonyl (C=O) groups excluding carboxylic acids is 1. The molecule has 1 aliphatic carbocycles. The monoisotopic (exact) mass is 343 g/mol. The zero-order valence-corrected chi connectivity index (χ0v) is 14.0. The quantitative estimate of drug-likeness (QED) is 0.909. The van der Waals surface area contributed by atoms with Crippen LogP contribution in [0.15, 0.2) is 23.2 Å². The summed E-state index contributed by atoms with van der Waals surface area (Å²) in [5.41, 5.74) is 1.82. The maximum absolute atomic E-state index is 12.5. The van der Waals surface area contributed by atoms with Crippen LogP contribution in [-0.4, -0.2) is 47.3 Å². The van der Waals surface area contributed by atoms with Gasteiger partial charge in [0.15, 0.2) is 0 Å². The van der Waals surface area contributed by atoms with E-state index in [1.807, 2.05) is 0 Å². The second-order valence-corrected chi connectivity index (χ2v) is 6.42. The minimum Gasteiger partial charge on any atom is -0.378 e. The van der Waals surface area contributed by atoms with Crippen LogP contribution in [0.25, 0.3) is 0 Å². The Morgan fingerprint density at radius 1 is 1.16 bits per heavy atom. The number of morpholine rings is 1. The average molecular weight is 343 g/mol. The highest BCUT2D eigenvalue weighted by Crippen LogP contribution is 2.35. The van der Waals surface area contributed by atoms with Crippen LogP contribution in [0.4, 0.5) is 11.6 Å². The molecular formula is C17H21N5O3. The molecule has 2 fully saturated rings. The first-order chi connectivity index (χ1) is 12.3. The van der Waals surface area contributed by atoms with Gasteiger partial charge in [0.1, 0.15) is 11.8 Å². The molecule has 8 nitrogen and oxygen atoms in total. The van der Waals surface area contributed by atoms with Crippen molar-refractivity contribution in [1.82, 2.24) is 15.1 Å². The lowest BCUT2D eigenvalue weighted by Gasteiger charge is -2.26. The molecule has 0 unspecified atom stereocenters. The third kappa shape index (κ3) is 3.48. The number of hydrogen-bond donors (Lipinski definition) is 1. The zero-order valence-electron chi connectivity index (χ0n) is 14.0. The van der Waals surface area contributed by atoms with Gasteiger partial charge in [-0.2, -0.15) is 0 Å². The highest BCUT2D eigenvalue weighted by atomic mass is 16.5. The first-order valence-corrected chi connectivity index (χ1v) is 8.71. The number of nitrogens with one attached hydrogen (secondary N) is 1. The predicted octanol–water partition coefficient (Wildman–Crippen LogP) is 2.21. The van der Waals surface area contributed by atoms with E-state index in [4.69, 9.17) is 9.26 Å². The molecule has 2 aliphatic rings. The third-order valence-corrected chi connectivity index (χ3v) is 4.77. The molecule has 2 aromatic rings. The second-order valence-electron chi connectivity index (χ2n) is 6.42. The Bertz CT molecular complexity index is 718. The van der Waals surface area contributed by atoms with Crippen LogP contribution in [0.5, 0.6) is 0 Å². The number of ether oxygens (including phenoxy) is 1. The summed E-state index contributed by atoms with van der Waals surface area (Å²) in [6.45, 7) is 2.91. The molecular weight excluding hydrogens is 322 g/mol. The fourth-order valence-electron chi connectivity index (χ4n) is 3.42. The molecule has 1 aliphatic heterocycles. The summed E-state index contributed by atoms with van der Waals surface area (Å²) in [6, 6.07) is 0. The summed E-state index contributed by atoms with van der Waals surface area (Å²) >= 11 is 0. The zero-order chi connectivity index (χ0) is 17.1. The summed E-state index contributed by atoms with van der Waals surface area (Å²) in [5.74, 6) is 0.739. The van der Waals surface area contributed by atoms with E-state index < -0.39 is 0 Å². The lowest BCUT2D eigenvalue weighted by atomic mass is 10.0. The Morgan fingerprint density at radius 3 is 2.60 bits per heavy atom. The molecule has 0 atom stereocenters. The molecule has 0 spiro atoms. The SMILES string of the molecule is O=C(Nc1cnc(N2CCOCC2)nc1)c1conc1C1CCCC1. The van der Waals surface area contributed by atoms with Gasteiger partial charge in [0, 0.05) is 19.0 Å². The molecule has 1 N–H and O–H groups in total. The molecule has 25 heavy (non-hydrogen) atoms. The number of carbonyl (C=O) groups is 1. The number of rotatable bonds is 4. The molecule has 2 aromatic heterocycles. The van der Waals surface area contributed by atoms with Crippen LogP contribution in [-0.2, 0) is 4.74 Å². The van der Waals surface area contributed by atoms with Gasteiger partial charge in [-0.05, 0) is 12.8 Å². The minimum atomic E-state index is -0.231. The molecule has 8 heteroatoms. The van der Waals surface area contributed by atoms with Crippen LogP contribution in [0.1, 0.15) is 47.7 Å². The van der Waals surface area contributed by atoms with Gasteiger partial charge < -0.3 is 19.5 Å². The summed E-state index contributed by atoms with van der Waals surface area (Å²) in [4.78, 5) is 23.3. The van der Waals surface area contributed by atoms with Gasteiger partial charge in [-0.3, -0.25) is 4.79 Å². The van der Waals surface area contributed by atoms with Gasteiger partial charge in [0.2, 0.25) is 5.95 Å². The van der Waals surface area contributed by atoms with Gasteiger partial charge in [-0.1, -0.05) is 18.0 Å². The molecule has 1 amide bonds. The van der Waals surface area contributed by atoms with E-state index in [-0.39, 0.29) is 5.91 Å². The molecule has 132 valence electrons. The van der Waals surface area contributed by atoms with Crippen molar-refractivity contribution in [2.24, 2.45) is 0 Å². The molecule has 0 bridgehead atoms. The van der Waals surface area contributed by atoms with Gasteiger partial charge in [-0.25, -0.2) is 9.97 Å². The lowest BCUT2D eigenvalue weighted by molar-refractivity contribution is 0.102. The number of amides is 1. The number of anilines is 2. The maximum Gasteiger partial charge on any atom is 0.260 e. The van der Waals surface area contributed by atoms with E-state index in [1.165, 1.54) is 19.1 Å². The van der Waals surface area contributed by atoms with E-state index in [2.05, 4.69) is 25.3 Å². The van der Waals surface area contributed by atoms with Gasteiger partial charge in [0.25, 0.3) is 5.91 Å². The van der Waals surface area contributed by atoms with Crippen molar-refractivity contribution in [2.75, 3.05) is 36.5 Å². The van der Waals surface area contributed by atoms with Crippen molar-refractivity contribution in [2.45, 2.75) is 31.6 Å². The second kappa shape index (κ2) is 7.18. The Morgan fingerprint density at radius 2 is 1.88 bits per heavy atom. The van der Waals surface area contributed by atoms with Crippen molar-refractivity contribution in [3.8, 4) is 0 Å². The molecule has 0 radical (unpaired) electrons. The first-order valence-electron chi connectivity index (χ1n) is 8.71. The summed E-state index contributed by atoms with van der Waals surface area (Å²) in [6.07, 6.45) is 9.14. The fraction of sp³-hybridized carbons (Fsp3) is 0.529. The first kappa shape index (κ1) is 16.0. The topological polar surface area (TPSA) is 93.4 Å². The van der Waals surface area contributed by atoms with Crippen LogP contribution in [0.2, 0.25) is 0 Å². The average Bonchev–Trinajstić information content (AvgIpc) is 3.34. The highest BCUT2D eigenvalue weighted by molar-refractivity contribution is 6.04. The number of aromatic nitrogens is 3. The van der Waals surface area contributed by atoms with Crippen molar-refractivity contribution in [3.05, 3.63) is 29.9 Å². The lowest BCUT2D eigenvalue weighted by Crippen LogP contribution is -2.37. The normalized spacial score (nSPS) is 18.5. The van der Waals surface area contributed by atoms with Crippen molar-refractivity contribution < 1.29 is 14.1 Å². The maximum atomic E-state index is 12.5. The summed E-state index contributed by atoms with van der Waals surface area (Å²) < 4.78 is 10.4. The molecule has 1 saturated heterocycles. The standard InChI is InChI=1S/C17H21N5O3/c23-16(14-11-25-21-15(14)12-3-1-2-4-12)20-13-9-18-17(19-10-13)22-5-7-24-8-6-22/h9-12H,1-8H2,(H,20,23). The van der Waals surface area contributed by atoms with E-state index in [1.54, 1.807) is 12.4 Å². The van der Waals surface area contributed by atoms with Crippen LogP contribution in [0, 0.1) is 0 Å². The van der Waals surface area contributed by atoms with E-state index in [9.17, 15) is 4.79 Å². The van der Waals surface area contributed by atoms with Gasteiger partial charge in [0.05, 0.1) is 37.0 Å². The predicted molar refractivity (Wildman–Crippen MR) is 90.7 cm³/mol. The minimum absolute atomic E-state index is 0.231. The van der Waals surface area contributed by atoms with Crippen LogP contribution < -0.4 is 10.2 Å². The third-order valence-electron chi connectivity index (χ3n) is 4.77. The number of nitrogens with zero attached hydrogens (tertiary/aromatic N) is 4. The van der Waals surface area contributed by atoms with E-state index in [0.29, 0.717) is 36.3 Å². The van der Waals surface area contributed by atoms with Crippen molar-refractivity contribution in [3.63, 3.8) is 0 Å². The largest absolute Gasteiger partial charge is 0.378 e. The van der Waals surface area contributed by atoms with E-state index in [0.717, 1.165) is 31.6 Å².